The van der Waals surface area contributed by atoms with Crippen LogP contribution >= 0.6 is 11.3 Å². The van der Waals surface area contributed by atoms with E-state index in [-0.39, 0.29) is 0 Å². The van der Waals surface area contributed by atoms with Gasteiger partial charge in [0.1, 0.15) is 4.88 Å². The van der Waals surface area contributed by atoms with E-state index in [1.54, 1.807) is 6.07 Å². The van der Waals surface area contributed by atoms with Gasteiger partial charge < -0.3 is 10.0 Å². The SMILES string of the molecule is CCCN(CC)c1csc(C(=O)O)c1. The van der Waals surface area contributed by atoms with Gasteiger partial charge in [-0.1, -0.05) is 6.92 Å². The molecule has 0 bridgehead atoms. The summed E-state index contributed by atoms with van der Waals surface area (Å²) < 4.78 is 0. The average Bonchev–Trinajstić information content (AvgIpc) is 2.63. The molecule has 0 aromatic carbocycles. The van der Waals surface area contributed by atoms with Gasteiger partial charge in [-0.15, -0.1) is 11.3 Å². The average molecular weight is 213 g/mol. The summed E-state index contributed by atoms with van der Waals surface area (Å²) >= 11 is 1.29. The number of thiophene rings is 1. The maximum absolute atomic E-state index is 10.7. The third kappa shape index (κ3) is 2.48. The molecule has 0 spiro atoms. The smallest absolute Gasteiger partial charge is 0.345 e. The topological polar surface area (TPSA) is 40.5 Å². The second-order valence-corrected chi connectivity index (χ2v) is 3.97. The van der Waals surface area contributed by atoms with E-state index in [0.29, 0.717) is 4.88 Å². The molecule has 0 atom stereocenters. The summed E-state index contributed by atoms with van der Waals surface area (Å²) in [5.41, 5.74) is 1.02. The van der Waals surface area contributed by atoms with Crippen molar-refractivity contribution in [1.29, 1.82) is 0 Å². The second kappa shape index (κ2) is 5.00. The molecule has 1 heterocycles. The van der Waals surface area contributed by atoms with Crippen LogP contribution in [0.15, 0.2) is 11.4 Å². The molecular weight excluding hydrogens is 198 g/mol. The van der Waals surface area contributed by atoms with Crippen LogP contribution in [-0.4, -0.2) is 24.2 Å². The van der Waals surface area contributed by atoms with Gasteiger partial charge in [0.2, 0.25) is 0 Å². The van der Waals surface area contributed by atoms with Gasteiger partial charge in [-0.2, -0.15) is 0 Å². The summed E-state index contributed by atoms with van der Waals surface area (Å²) in [4.78, 5) is 13.3. The molecule has 0 radical (unpaired) electrons. The van der Waals surface area contributed by atoms with Crippen LogP contribution in [0.3, 0.4) is 0 Å². The molecule has 0 amide bonds. The highest BCUT2D eigenvalue weighted by atomic mass is 32.1. The maximum Gasteiger partial charge on any atom is 0.345 e. The summed E-state index contributed by atoms with van der Waals surface area (Å²) in [6, 6.07) is 1.74. The highest BCUT2D eigenvalue weighted by Gasteiger charge is 2.10. The lowest BCUT2D eigenvalue weighted by atomic mass is 10.3. The first kappa shape index (κ1) is 11.0. The Morgan fingerprint density at radius 1 is 1.57 bits per heavy atom. The van der Waals surface area contributed by atoms with Gasteiger partial charge >= 0.3 is 5.97 Å². The summed E-state index contributed by atoms with van der Waals surface area (Å²) in [5, 5.41) is 10.7. The number of rotatable bonds is 5. The summed E-state index contributed by atoms with van der Waals surface area (Å²) in [6.45, 7) is 6.09. The lowest BCUT2D eigenvalue weighted by molar-refractivity contribution is 0.0702. The number of carboxylic acids is 1. The quantitative estimate of drug-likeness (QED) is 0.817. The van der Waals surface area contributed by atoms with Crippen LogP contribution in [-0.2, 0) is 0 Å². The van der Waals surface area contributed by atoms with E-state index in [1.807, 2.05) is 5.38 Å². The molecule has 0 aliphatic heterocycles. The van der Waals surface area contributed by atoms with E-state index in [0.717, 1.165) is 25.2 Å². The van der Waals surface area contributed by atoms with Crippen molar-refractivity contribution in [2.45, 2.75) is 20.3 Å². The number of hydrogen-bond donors (Lipinski definition) is 1. The van der Waals surface area contributed by atoms with E-state index < -0.39 is 5.97 Å². The Hall–Kier alpha value is -1.03. The monoisotopic (exact) mass is 213 g/mol. The lowest BCUT2D eigenvalue weighted by Crippen LogP contribution is -2.22. The molecule has 0 saturated heterocycles. The van der Waals surface area contributed by atoms with Gasteiger partial charge in [-0.3, -0.25) is 0 Å². The van der Waals surface area contributed by atoms with Crippen molar-refractivity contribution < 1.29 is 9.90 Å². The van der Waals surface area contributed by atoms with Crippen molar-refractivity contribution in [3.05, 3.63) is 16.3 Å². The van der Waals surface area contributed by atoms with Crippen LogP contribution < -0.4 is 4.90 Å². The molecule has 14 heavy (non-hydrogen) atoms. The van der Waals surface area contributed by atoms with Gasteiger partial charge in [0, 0.05) is 24.2 Å². The zero-order chi connectivity index (χ0) is 10.6. The van der Waals surface area contributed by atoms with Crippen molar-refractivity contribution in [3.8, 4) is 0 Å². The number of hydrogen-bond acceptors (Lipinski definition) is 3. The number of nitrogens with zero attached hydrogens (tertiary/aromatic N) is 1. The Bertz CT molecular complexity index is 309. The zero-order valence-electron chi connectivity index (χ0n) is 8.49. The third-order valence-corrected chi connectivity index (χ3v) is 2.94. The minimum Gasteiger partial charge on any atom is -0.477 e. The Kier molecular flexibility index (Phi) is 3.95. The first-order valence-electron chi connectivity index (χ1n) is 4.75. The molecule has 78 valence electrons. The van der Waals surface area contributed by atoms with E-state index in [4.69, 9.17) is 5.11 Å². The Balaban J connectivity index is 2.78. The first-order valence-corrected chi connectivity index (χ1v) is 5.63. The van der Waals surface area contributed by atoms with Gasteiger partial charge in [0.15, 0.2) is 0 Å². The van der Waals surface area contributed by atoms with Crippen LogP contribution in [0.1, 0.15) is 29.9 Å². The number of aromatic carboxylic acids is 1. The predicted octanol–water partition coefficient (Wildman–Crippen LogP) is 2.68. The lowest BCUT2D eigenvalue weighted by Gasteiger charge is -2.20. The fourth-order valence-corrected chi connectivity index (χ4v) is 2.10. The van der Waals surface area contributed by atoms with E-state index >= 15 is 0 Å². The van der Waals surface area contributed by atoms with Crippen LogP contribution in [0, 0.1) is 0 Å². The fourth-order valence-electron chi connectivity index (χ4n) is 1.34. The Morgan fingerprint density at radius 3 is 2.71 bits per heavy atom. The van der Waals surface area contributed by atoms with Crippen molar-refractivity contribution in [1.82, 2.24) is 0 Å². The summed E-state index contributed by atoms with van der Waals surface area (Å²) in [5.74, 6) is -0.839. The minimum absolute atomic E-state index is 0.412. The fraction of sp³-hybridized carbons (Fsp3) is 0.500. The van der Waals surface area contributed by atoms with Crippen molar-refractivity contribution in [2.24, 2.45) is 0 Å². The Labute approximate surface area is 88.0 Å². The second-order valence-electron chi connectivity index (χ2n) is 3.05. The van der Waals surface area contributed by atoms with Gasteiger partial charge in [-0.05, 0) is 19.4 Å². The van der Waals surface area contributed by atoms with Gasteiger partial charge in [0.25, 0.3) is 0 Å². The van der Waals surface area contributed by atoms with Crippen molar-refractivity contribution in [2.75, 3.05) is 18.0 Å². The van der Waals surface area contributed by atoms with Crippen molar-refractivity contribution in [3.63, 3.8) is 0 Å². The molecule has 3 nitrogen and oxygen atoms in total. The molecule has 1 N–H and O–H groups in total. The Morgan fingerprint density at radius 2 is 2.29 bits per heavy atom. The third-order valence-electron chi connectivity index (χ3n) is 2.04. The van der Waals surface area contributed by atoms with Crippen LogP contribution in [0.5, 0.6) is 0 Å². The molecule has 0 aliphatic carbocycles. The van der Waals surface area contributed by atoms with Crippen molar-refractivity contribution >= 4 is 23.0 Å². The normalized spacial score (nSPS) is 10.1. The minimum atomic E-state index is -0.839. The molecule has 1 aromatic heterocycles. The van der Waals surface area contributed by atoms with Crippen LogP contribution in [0.25, 0.3) is 0 Å². The summed E-state index contributed by atoms with van der Waals surface area (Å²) in [7, 11) is 0. The first-order chi connectivity index (χ1) is 6.69. The molecule has 0 aliphatic rings. The maximum atomic E-state index is 10.7. The number of anilines is 1. The molecular formula is C10H15NO2S. The van der Waals surface area contributed by atoms with Gasteiger partial charge in [-0.25, -0.2) is 4.79 Å². The number of carboxylic acid groups (broad SMARTS) is 1. The molecule has 0 unspecified atom stereocenters. The zero-order valence-corrected chi connectivity index (χ0v) is 9.30. The summed E-state index contributed by atoms with van der Waals surface area (Å²) in [6.07, 6.45) is 1.08. The van der Waals surface area contributed by atoms with Crippen LogP contribution in [0.2, 0.25) is 0 Å². The molecule has 4 heteroatoms. The van der Waals surface area contributed by atoms with E-state index in [2.05, 4.69) is 18.7 Å². The highest BCUT2D eigenvalue weighted by Crippen LogP contribution is 2.23. The largest absolute Gasteiger partial charge is 0.477 e. The molecule has 0 saturated carbocycles. The number of carbonyl (C=O) groups is 1. The van der Waals surface area contributed by atoms with E-state index in [9.17, 15) is 4.79 Å². The molecule has 1 aromatic rings. The highest BCUT2D eigenvalue weighted by molar-refractivity contribution is 7.12. The standard InChI is InChI=1S/C10H15NO2S/c1-3-5-11(4-2)8-6-9(10(12)13)14-7-8/h6-7H,3-5H2,1-2H3,(H,12,13). The predicted molar refractivity (Wildman–Crippen MR) is 59.5 cm³/mol. The van der Waals surface area contributed by atoms with Crippen LogP contribution in [0.4, 0.5) is 5.69 Å². The molecule has 1 rings (SSSR count). The molecule has 0 fully saturated rings. The van der Waals surface area contributed by atoms with Gasteiger partial charge in [0.05, 0.1) is 0 Å². The van der Waals surface area contributed by atoms with E-state index in [1.165, 1.54) is 11.3 Å².